The molecule has 1 N–H and O–H groups in total. The minimum atomic E-state index is -4.70. The third-order valence-corrected chi connectivity index (χ3v) is 4.68. The van der Waals surface area contributed by atoms with Crippen LogP contribution in [0.5, 0.6) is 5.75 Å². The Morgan fingerprint density at radius 3 is 2.66 bits per heavy atom. The van der Waals surface area contributed by atoms with E-state index in [0.29, 0.717) is 19.0 Å². The average molecular weight is 400 g/mol. The van der Waals surface area contributed by atoms with Gasteiger partial charge in [-0.1, -0.05) is 36.4 Å². The number of alkyl halides is 3. The molecular formula is C21H19F3N4O. The maximum atomic E-state index is 12.5. The normalized spacial score (nSPS) is 13.7. The molecule has 1 aliphatic heterocycles. The molecule has 2 heterocycles. The van der Waals surface area contributed by atoms with Crippen LogP contribution in [0, 0.1) is 0 Å². The third kappa shape index (κ3) is 4.96. The van der Waals surface area contributed by atoms with Crippen LogP contribution in [-0.4, -0.2) is 22.9 Å². The Morgan fingerprint density at radius 2 is 1.86 bits per heavy atom. The largest absolute Gasteiger partial charge is 0.573 e. The number of rotatable bonds is 5. The highest BCUT2D eigenvalue weighted by molar-refractivity contribution is 5.48. The standard InChI is InChI=1S/C21H19F3N4O/c22-21(23,24)29-18-7-6-16-9-11-28(14-17(16)12-18)19-8-10-25-20(27-19)26-13-15-4-2-1-3-5-15/h1-8,10,12H,9,11,13-14H2,(H,25,26,27). The highest BCUT2D eigenvalue weighted by Gasteiger charge is 2.31. The first-order valence-electron chi connectivity index (χ1n) is 9.20. The van der Waals surface area contributed by atoms with E-state index in [2.05, 4.69) is 20.0 Å². The van der Waals surface area contributed by atoms with Gasteiger partial charge in [-0.2, -0.15) is 4.98 Å². The molecule has 150 valence electrons. The van der Waals surface area contributed by atoms with Gasteiger partial charge in [-0.25, -0.2) is 4.98 Å². The zero-order chi connectivity index (χ0) is 20.3. The van der Waals surface area contributed by atoms with Crippen molar-refractivity contribution in [3.05, 3.63) is 77.5 Å². The predicted molar refractivity (Wildman–Crippen MR) is 104 cm³/mol. The van der Waals surface area contributed by atoms with Gasteiger partial charge in [0.25, 0.3) is 0 Å². The van der Waals surface area contributed by atoms with Gasteiger partial charge in [0.1, 0.15) is 11.6 Å². The Kier molecular flexibility index (Phi) is 5.24. The van der Waals surface area contributed by atoms with Gasteiger partial charge < -0.3 is 15.0 Å². The predicted octanol–water partition coefficient (Wildman–Crippen LogP) is 4.55. The van der Waals surface area contributed by atoms with Crippen molar-refractivity contribution in [2.75, 3.05) is 16.8 Å². The lowest BCUT2D eigenvalue weighted by atomic mass is 9.99. The molecule has 0 saturated heterocycles. The molecule has 8 heteroatoms. The minimum Gasteiger partial charge on any atom is -0.406 e. The Hall–Kier alpha value is -3.29. The zero-order valence-electron chi connectivity index (χ0n) is 15.5. The summed E-state index contributed by atoms with van der Waals surface area (Å²) in [4.78, 5) is 10.8. The van der Waals surface area contributed by atoms with Crippen molar-refractivity contribution >= 4 is 11.8 Å². The van der Waals surface area contributed by atoms with Crippen LogP contribution in [0.1, 0.15) is 16.7 Å². The van der Waals surface area contributed by atoms with Crippen molar-refractivity contribution < 1.29 is 17.9 Å². The van der Waals surface area contributed by atoms with Gasteiger partial charge in [0.05, 0.1) is 0 Å². The molecule has 0 atom stereocenters. The van der Waals surface area contributed by atoms with Crippen LogP contribution >= 0.6 is 0 Å². The maximum absolute atomic E-state index is 12.5. The first kappa shape index (κ1) is 19.0. The molecule has 0 unspecified atom stereocenters. The number of nitrogens with zero attached hydrogens (tertiary/aromatic N) is 3. The number of anilines is 2. The first-order chi connectivity index (χ1) is 14.0. The fourth-order valence-electron chi connectivity index (χ4n) is 3.31. The quantitative estimate of drug-likeness (QED) is 0.681. The SMILES string of the molecule is FC(F)(F)Oc1ccc2c(c1)CN(c1ccnc(NCc3ccccc3)n1)CC2. The molecular weight excluding hydrogens is 381 g/mol. The van der Waals surface area contributed by atoms with E-state index in [1.807, 2.05) is 35.2 Å². The summed E-state index contributed by atoms with van der Waals surface area (Å²) in [5, 5.41) is 3.20. The highest BCUT2D eigenvalue weighted by Crippen LogP contribution is 2.29. The van der Waals surface area contributed by atoms with Crippen LogP contribution in [0.25, 0.3) is 0 Å². The molecule has 2 aromatic carbocycles. The van der Waals surface area contributed by atoms with E-state index in [9.17, 15) is 13.2 Å². The van der Waals surface area contributed by atoms with Gasteiger partial charge in [-0.15, -0.1) is 13.2 Å². The Morgan fingerprint density at radius 1 is 1.03 bits per heavy atom. The number of nitrogens with one attached hydrogen (secondary N) is 1. The molecule has 0 bridgehead atoms. The molecule has 3 aromatic rings. The number of aromatic nitrogens is 2. The van der Waals surface area contributed by atoms with Gasteiger partial charge in [0, 0.05) is 25.8 Å². The van der Waals surface area contributed by atoms with Crippen LogP contribution in [0.2, 0.25) is 0 Å². The Balaban J connectivity index is 1.46. The minimum absolute atomic E-state index is 0.203. The van der Waals surface area contributed by atoms with Crippen molar-refractivity contribution in [1.82, 2.24) is 9.97 Å². The summed E-state index contributed by atoms with van der Waals surface area (Å²) >= 11 is 0. The fraction of sp³-hybridized carbons (Fsp3) is 0.238. The van der Waals surface area contributed by atoms with Crippen molar-refractivity contribution in [3.8, 4) is 5.75 Å². The van der Waals surface area contributed by atoms with Gasteiger partial charge >= 0.3 is 6.36 Å². The molecule has 0 radical (unpaired) electrons. The molecule has 5 nitrogen and oxygen atoms in total. The summed E-state index contributed by atoms with van der Waals surface area (Å²) in [6.45, 7) is 1.78. The topological polar surface area (TPSA) is 50.3 Å². The second-order valence-electron chi connectivity index (χ2n) is 6.73. The summed E-state index contributed by atoms with van der Waals surface area (Å²) in [6, 6.07) is 16.2. The van der Waals surface area contributed by atoms with Crippen LogP contribution in [0.3, 0.4) is 0 Å². The zero-order valence-corrected chi connectivity index (χ0v) is 15.5. The summed E-state index contributed by atoms with van der Waals surface area (Å²) in [6.07, 6.45) is -2.30. The first-order valence-corrected chi connectivity index (χ1v) is 9.20. The van der Waals surface area contributed by atoms with Gasteiger partial charge in [-0.05, 0) is 41.3 Å². The van der Waals surface area contributed by atoms with Crippen LogP contribution in [0.15, 0.2) is 60.8 Å². The molecule has 0 amide bonds. The lowest BCUT2D eigenvalue weighted by Gasteiger charge is -2.30. The summed E-state index contributed by atoms with van der Waals surface area (Å²) in [5.74, 6) is 1.03. The lowest BCUT2D eigenvalue weighted by molar-refractivity contribution is -0.274. The van der Waals surface area contributed by atoms with E-state index in [0.717, 1.165) is 35.5 Å². The lowest BCUT2D eigenvalue weighted by Crippen LogP contribution is -2.31. The smallest absolute Gasteiger partial charge is 0.406 e. The monoisotopic (exact) mass is 400 g/mol. The van der Waals surface area contributed by atoms with E-state index in [1.54, 1.807) is 18.3 Å². The molecule has 0 aliphatic carbocycles. The molecule has 4 rings (SSSR count). The number of ether oxygens (including phenoxy) is 1. The molecule has 0 spiro atoms. The molecule has 0 fully saturated rings. The molecule has 1 aromatic heterocycles. The fourth-order valence-corrected chi connectivity index (χ4v) is 3.31. The van der Waals surface area contributed by atoms with E-state index in [-0.39, 0.29) is 5.75 Å². The van der Waals surface area contributed by atoms with E-state index >= 15 is 0 Å². The second kappa shape index (κ2) is 7.98. The van der Waals surface area contributed by atoms with Gasteiger partial charge in [-0.3, -0.25) is 0 Å². The van der Waals surface area contributed by atoms with E-state index in [1.165, 1.54) is 12.1 Å². The van der Waals surface area contributed by atoms with Gasteiger partial charge in [0.15, 0.2) is 0 Å². The average Bonchev–Trinajstić information content (AvgIpc) is 2.71. The molecule has 1 aliphatic rings. The summed E-state index contributed by atoms with van der Waals surface area (Å²) in [5.41, 5.74) is 2.94. The number of benzene rings is 2. The molecule has 29 heavy (non-hydrogen) atoms. The Labute approximate surface area is 166 Å². The van der Waals surface area contributed by atoms with Gasteiger partial charge in [0.2, 0.25) is 5.95 Å². The van der Waals surface area contributed by atoms with Crippen molar-refractivity contribution in [2.24, 2.45) is 0 Å². The van der Waals surface area contributed by atoms with E-state index < -0.39 is 6.36 Å². The van der Waals surface area contributed by atoms with Crippen molar-refractivity contribution in [2.45, 2.75) is 25.9 Å². The molecule has 0 saturated carbocycles. The summed E-state index contributed by atoms with van der Waals surface area (Å²) in [7, 11) is 0. The van der Waals surface area contributed by atoms with Crippen molar-refractivity contribution in [3.63, 3.8) is 0 Å². The number of fused-ring (bicyclic) bond motifs is 1. The summed E-state index contributed by atoms with van der Waals surface area (Å²) < 4.78 is 41.5. The Bertz CT molecular complexity index is 979. The number of halogens is 3. The van der Waals surface area contributed by atoms with E-state index in [4.69, 9.17) is 0 Å². The van der Waals surface area contributed by atoms with Crippen LogP contribution < -0.4 is 15.0 Å². The van der Waals surface area contributed by atoms with Crippen LogP contribution in [0.4, 0.5) is 24.9 Å². The number of hydrogen-bond acceptors (Lipinski definition) is 5. The highest BCUT2D eigenvalue weighted by atomic mass is 19.4. The van der Waals surface area contributed by atoms with Crippen molar-refractivity contribution in [1.29, 1.82) is 0 Å². The second-order valence-corrected chi connectivity index (χ2v) is 6.73. The maximum Gasteiger partial charge on any atom is 0.573 e. The van der Waals surface area contributed by atoms with Crippen LogP contribution in [-0.2, 0) is 19.5 Å². The third-order valence-electron chi connectivity index (χ3n) is 4.68. The number of hydrogen-bond donors (Lipinski definition) is 1.